The number of phenolic OH excluding ortho intramolecular Hbond substituents is 1. The van der Waals surface area contributed by atoms with Gasteiger partial charge in [-0.25, -0.2) is 0 Å². The van der Waals surface area contributed by atoms with Crippen molar-refractivity contribution in [1.29, 1.82) is 0 Å². The third-order valence-electron chi connectivity index (χ3n) is 1.09. The fourth-order valence-corrected chi connectivity index (χ4v) is 1.14. The third kappa shape index (κ3) is 1.49. The van der Waals surface area contributed by atoms with Crippen molar-refractivity contribution in [1.82, 2.24) is 0 Å². The Morgan fingerprint density at radius 2 is 2.20 bits per heavy atom. The van der Waals surface area contributed by atoms with Crippen LogP contribution in [0, 0.1) is 0 Å². The van der Waals surface area contributed by atoms with Crippen molar-refractivity contribution in [3.63, 3.8) is 0 Å². The van der Waals surface area contributed by atoms with Gasteiger partial charge in [0.25, 0.3) is 0 Å². The molecule has 3 N–H and O–H groups in total. The van der Waals surface area contributed by atoms with Crippen molar-refractivity contribution in [2.45, 2.75) is 4.90 Å². The van der Waals surface area contributed by atoms with Crippen LogP contribution in [-0.4, -0.2) is 5.11 Å². The highest BCUT2D eigenvalue weighted by Gasteiger charge is 1.96. The van der Waals surface area contributed by atoms with Crippen LogP contribution in [0.15, 0.2) is 23.1 Å². The fraction of sp³-hybridized carbons (Fsp3) is 0. The molecule has 0 bridgehead atoms. The molecule has 54 valence electrons. The molecule has 1 aromatic rings. The standard InChI is InChI=1S/C6H6ClNOS/c7-10-4-1-2-5(8)6(9)3-4/h1-3,9H,8H2. The van der Waals surface area contributed by atoms with Gasteiger partial charge in [0.2, 0.25) is 0 Å². The number of anilines is 1. The second kappa shape index (κ2) is 3.03. The Kier molecular flexibility index (Phi) is 2.29. The molecular weight excluding hydrogens is 170 g/mol. The molecule has 2 nitrogen and oxygen atoms in total. The molecule has 0 amide bonds. The number of nitrogens with two attached hydrogens (primary N) is 1. The minimum Gasteiger partial charge on any atom is -0.506 e. The lowest BCUT2D eigenvalue weighted by Gasteiger charge is -1.98. The average Bonchev–Trinajstić information content (AvgIpc) is 1.95. The first-order chi connectivity index (χ1) is 4.74. The molecule has 0 atom stereocenters. The molecular formula is C6H6ClNOS. The van der Waals surface area contributed by atoms with E-state index in [9.17, 15) is 0 Å². The number of hydrogen-bond acceptors (Lipinski definition) is 3. The summed E-state index contributed by atoms with van der Waals surface area (Å²) in [5.74, 6) is 0.0747. The Morgan fingerprint density at radius 1 is 1.50 bits per heavy atom. The van der Waals surface area contributed by atoms with Crippen molar-refractivity contribution in [3.8, 4) is 5.75 Å². The van der Waals surface area contributed by atoms with Crippen LogP contribution in [-0.2, 0) is 0 Å². The topological polar surface area (TPSA) is 46.2 Å². The summed E-state index contributed by atoms with van der Waals surface area (Å²) in [6, 6.07) is 4.87. The van der Waals surface area contributed by atoms with E-state index in [0.29, 0.717) is 5.69 Å². The number of halogens is 1. The first kappa shape index (κ1) is 7.57. The Hall–Kier alpha value is -0.540. The monoisotopic (exact) mass is 175 g/mol. The summed E-state index contributed by atoms with van der Waals surface area (Å²) < 4.78 is 0. The van der Waals surface area contributed by atoms with E-state index in [-0.39, 0.29) is 5.75 Å². The molecule has 0 aliphatic rings. The molecule has 0 saturated heterocycles. The van der Waals surface area contributed by atoms with Crippen LogP contribution in [0.3, 0.4) is 0 Å². The van der Waals surface area contributed by atoms with Gasteiger partial charge < -0.3 is 10.8 Å². The van der Waals surface area contributed by atoms with E-state index in [1.54, 1.807) is 12.1 Å². The normalized spacial score (nSPS) is 9.70. The molecule has 0 unspecified atom stereocenters. The van der Waals surface area contributed by atoms with Crippen LogP contribution in [0.1, 0.15) is 0 Å². The zero-order valence-electron chi connectivity index (χ0n) is 5.04. The second-order valence-electron chi connectivity index (χ2n) is 1.80. The van der Waals surface area contributed by atoms with Gasteiger partial charge in [0.15, 0.2) is 0 Å². The van der Waals surface area contributed by atoms with Crippen LogP contribution >= 0.6 is 21.7 Å². The third-order valence-corrected chi connectivity index (χ3v) is 2.06. The van der Waals surface area contributed by atoms with Crippen molar-refractivity contribution in [2.24, 2.45) is 0 Å². The molecule has 0 spiro atoms. The molecule has 0 fully saturated rings. The predicted molar refractivity (Wildman–Crippen MR) is 44.2 cm³/mol. The SMILES string of the molecule is Nc1ccc(SCl)cc1O. The Bertz CT molecular complexity index is 241. The Labute approximate surface area is 67.5 Å². The van der Waals surface area contributed by atoms with E-state index in [2.05, 4.69) is 0 Å². The molecule has 0 heterocycles. The van der Waals surface area contributed by atoms with E-state index in [1.165, 1.54) is 6.07 Å². The van der Waals surface area contributed by atoms with Gasteiger partial charge in [-0.05, 0) is 39.9 Å². The molecule has 4 heteroatoms. The molecule has 0 aliphatic carbocycles. The number of aromatic hydroxyl groups is 1. The minimum atomic E-state index is 0.0747. The van der Waals surface area contributed by atoms with E-state index in [0.717, 1.165) is 15.9 Å². The molecule has 0 aliphatic heterocycles. The summed E-state index contributed by atoms with van der Waals surface area (Å²) in [7, 11) is 6.46. The first-order valence-corrected chi connectivity index (χ1v) is 4.25. The highest BCUT2D eigenvalue weighted by atomic mass is 35.7. The smallest absolute Gasteiger partial charge is 0.139 e. The van der Waals surface area contributed by atoms with E-state index in [1.807, 2.05) is 0 Å². The summed E-state index contributed by atoms with van der Waals surface area (Å²) in [5, 5.41) is 9.03. The highest BCUT2D eigenvalue weighted by Crippen LogP contribution is 2.28. The maximum atomic E-state index is 9.03. The molecule has 1 rings (SSSR count). The van der Waals surface area contributed by atoms with Gasteiger partial charge in [-0.3, -0.25) is 0 Å². The summed E-state index contributed by atoms with van der Waals surface area (Å²) in [6.07, 6.45) is 0. The number of phenols is 1. The molecule has 10 heavy (non-hydrogen) atoms. The Morgan fingerprint density at radius 3 is 2.70 bits per heavy atom. The maximum Gasteiger partial charge on any atom is 0.139 e. The minimum absolute atomic E-state index is 0.0747. The van der Waals surface area contributed by atoms with Crippen LogP contribution in [0.25, 0.3) is 0 Å². The maximum absolute atomic E-state index is 9.03. The molecule has 0 saturated carbocycles. The van der Waals surface area contributed by atoms with Gasteiger partial charge in [-0.2, -0.15) is 0 Å². The van der Waals surface area contributed by atoms with Gasteiger partial charge >= 0.3 is 0 Å². The van der Waals surface area contributed by atoms with Crippen LogP contribution in [0.2, 0.25) is 0 Å². The van der Waals surface area contributed by atoms with Gasteiger partial charge in [-0.15, -0.1) is 0 Å². The van der Waals surface area contributed by atoms with E-state index in [4.69, 9.17) is 21.5 Å². The van der Waals surface area contributed by atoms with Gasteiger partial charge in [0.05, 0.1) is 5.69 Å². The van der Waals surface area contributed by atoms with Gasteiger partial charge in [0, 0.05) is 4.90 Å². The Balaban J connectivity index is 3.04. The summed E-state index contributed by atoms with van der Waals surface area (Å²) in [4.78, 5) is 0.786. The molecule has 0 aromatic heterocycles. The summed E-state index contributed by atoms with van der Waals surface area (Å²) in [5.41, 5.74) is 5.71. The largest absolute Gasteiger partial charge is 0.506 e. The average molecular weight is 176 g/mol. The summed E-state index contributed by atoms with van der Waals surface area (Å²) >= 11 is 0. The van der Waals surface area contributed by atoms with Crippen LogP contribution in [0.5, 0.6) is 5.75 Å². The number of benzene rings is 1. The number of rotatable bonds is 1. The molecule has 1 aromatic carbocycles. The lowest BCUT2D eigenvalue weighted by Crippen LogP contribution is -1.83. The summed E-state index contributed by atoms with van der Waals surface area (Å²) in [6.45, 7) is 0. The molecule has 0 radical (unpaired) electrons. The zero-order valence-corrected chi connectivity index (χ0v) is 6.62. The quantitative estimate of drug-likeness (QED) is 0.508. The zero-order chi connectivity index (χ0) is 7.56. The number of hydrogen-bond donors (Lipinski definition) is 2. The van der Waals surface area contributed by atoms with Gasteiger partial charge in [-0.1, -0.05) is 0 Å². The fourth-order valence-electron chi connectivity index (χ4n) is 0.571. The van der Waals surface area contributed by atoms with E-state index < -0.39 is 0 Å². The lowest BCUT2D eigenvalue weighted by molar-refractivity contribution is 0.476. The van der Waals surface area contributed by atoms with Crippen LogP contribution < -0.4 is 5.73 Å². The van der Waals surface area contributed by atoms with Crippen molar-refractivity contribution in [3.05, 3.63) is 18.2 Å². The first-order valence-electron chi connectivity index (χ1n) is 2.61. The second-order valence-corrected chi connectivity index (χ2v) is 2.89. The van der Waals surface area contributed by atoms with Crippen molar-refractivity contribution < 1.29 is 5.11 Å². The lowest BCUT2D eigenvalue weighted by atomic mass is 10.3. The van der Waals surface area contributed by atoms with Crippen LogP contribution in [0.4, 0.5) is 5.69 Å². The van der Waals surface area contributed by atoms with Crippen molar-refractivity contribution >= 4 is 27.3 Å². The van der Waals surface area contributed by atoms with Crippen molar-refractivity contribution in [2.75, 3.05) is 5.73 Å². The van der Waals surface area contributed by atoms with E-state index >= 15 is 0 Å². The van der Waals surface area contributed by atoms with Gasteiger partial charge in [0.1, 0.15) is 5.75 Å². The number of nitrogen functional groups attached to an aromatic ring is 1. The predicted octanol–water partition coefficient (Wildman–Crippen LogP) is 2.22. The highest BCUT2D eigenvalue weighted by molar-refractivity contribution is 8.21.